The summed E-state index contributed by atoms with van der Waals surface area (Å²) < 4.78 is 12.4. The molecule has 35 heavy (non-hydrogen) atoms. The minimum Gasteiger partial charge on any atom is -0.497 e. The van der Waals surface area contributed by atoms with Gasteiger partial charge < -0.3 is 24.3 Å². The Morgan fingerprint density at radius 1 is 0.971 bits per heavy atom. The van der Waals surface area contributed by atoms with Crippen molar-refractivity contribution >= 4 is 29.0 Å². The normalized spacial score (nSPS) is 17.2. The van der Waals surface area contributed by atoms with Gasteiger partial charge in [0.1, 0.15) is 11.8 Å². The Labute approximate surface area is 208 Å². The molecule has 2 atom stereocenters. The molecule has 0 aliphatic carbocycles. The van der Waals surface area contributed by atoms with Gasteiger partial charge in [0, 0.05) is 35.5 Å². The van der Waals surface area contributed by atoms with Crippen molar-refractivity contribution < 1.29 is 14.3 Å². The number of nitrogens with one attached hydrogen (secondary N) is 1. The molecule has 4 aromatic rings. The molecule has 176 valence electrons. The second kappa shape index (κ2) is 9.60. The molecule has 0 saturated carbocycles. The lowest BCUT2D eigenvalue weighted by Crippen LogP contribution is -2.30. The summed E-state index contributed by atoms with van der Waals surface area (Å²) >= 11 is 5.83. The molecule has 1 aliphatic heterocycles. The zero-order chi connectivity index (χ0) is 24.4. The molecule has 0 amide bonds. The molecule has 0 spiro atoms. The first-order valence-corrected chi connectivity index (χ1v) is 11.5. The van der Waals surface area contributed by atoms with Gasteiger partial charge >= 0.3 is 5.97 Å². The maximum absolute atomic E-state index is 11.9. The number of anilines is 1. The summed E-state index contributed by atoms with van der Waals surface area (Å²) in [4.78, 5) is 18.6. The molecule has 3 heterocycles. The Morgan fingerprint density at radius 3 is 2.51 bits per heavy atom. The van der Waals surface area contributed by atoms with Crippen LogP contribution >= 0.6 is 12.2 Å². The van der Waals surface area contributed by atoms with Crippen LogP contribution in [0.25, 0.3) is 5.69 Å². The highest BCUT2D eigenvalue weighted by Crippen LogP contribution is 2.42. The van der Waals surface area contributed by atoms with E-state index in [0.29, 0.717) is 10.7 Å². The highest BCUT2D eigenvalue weighted by atomic mass is 32.1. The van der Waals surface area contributed by atoms with Crippen LogP contribution in [0.15, 0.2) is 91.3 Å². The van der Waals surface area contributed by atoms with Gasteiger partial charge in [-0.1, -0.05) is 12.1 Å². The van der Waals surface area contributed by atoms with Gasteiger partial charge in [0.05, 0.1) is 31.5 Å². The number of benzene rings is 2. The minimum absolute atomic E-state index is 0.183. The molecule has 2 aromatic carbocycles. The molecular weight excluding hydrogens is 460 g/mol. The van der Waals surface area contributed by atoms with E-state index in [9.17, 15) is 4.79 Å². The smallest absolute Gasteiger partial charge is 0.337 e. The second-order valence-corrected chi connectivity index (χ2v) is 8.43. The van der Waals surface area contributed by atoms with Crippen molar-refractivity contribution in [1.82, 2.24) is 14.9 Å². The number of carbonyl (C=O) groups is 1. The lowest BCUT2D eigenvalue weighted by molar-refractivity contribution is 0.0600. The Bertz CT molecular complexity index is 1350. The van der Waals surface area contributed by atoms with Gasteiger partial charge in [-0.3, -0.25) is 4.98 Å². The summed E-state index contributed by atoms with van der Waals surface area (Å²) in [6, 6.07) is 24.8. The largest absolute Gasteiger partial charge is 0.497 e. The maximum Gasteiger partial charge on any atom is 0.337 e. The first kappa shape index (κ1) is 22.6. The fourth-order valence-corrected chi connectivity index (χ4v) is 4.79. The molecule has 2 aromatic heterocycles. The lowest BCUT2D eigenvalue weighted by atomic mass is 10.0. The predicted octanol–water partition coefficient (Wildman–Crippen LogP) is 4.84. The van der Waals surface area contributed by atoms with Crippen molar-refractivity contribution in [3.63, 3.8) is 0 Å². The Kier molecular flexibility index (Phi) is 6.20. The molecule has 8 heteroatoms. The zero-order valence-corrected chi connectivity index (χ0v) is 20.1. The van der Waals surface area contributed by atoms with E-state index in [-0.39, 0.29) is 18.1 Å². The van der Waals surface area contributed by atoms with Crippen LogP contribution in [-0.2, 0) is 4.74 Å². The van der Waals surface area contributed by atoms with E-state index in [1.54, 1.807) is 25.4 Å². The summed E-state index contributed by atoms with van der Waals surface area (Å²) in [7, 11) is 3.03. The summed E-state index contributed by atoms with van der Waals surface area (Å²) in [5.41, 5.74) is 4.23. The monoisotopic (exact) mass is 484 g/mol. The van der Waals surface area contributed by atoms with Crippen LogP contribution < -0.4 is 15.0 Å². The van der Waals surface area contributed by atoms with Crippen LogP contribution in [0.5, 0.6) is 5.75 Å². The third-order valence-corrected chi connectivity index (χ3v) is 6.39. The molecule has 1 aliphatic rings. The molecule has 1 saturated heterocycles. The van der Waals surface area contributed by atoms with Crippen LogP contribution in [0.1, 0.15) is 33.8 Å². The van der Waals surface area contributed by atoms with Crippen LogP contribution in [0, 0.1) is 0 Å². The standard InChI is InChI=1S/C27H24N4O3S/c1-33-21-8-5-7-20(17-21)31-25(24(29-27(31)35)22-9-3-4-15-28-22)23-10-6-16-30(23)19-13-11-18(12-14-19)26(32)34-2/h3-17,24-25H,1-2H3,(H,29,35). The molecule has 7 nitrogen and oxygen atoms in total. The van der Waals surface area contributed by atoms with Gasteiger partial charge in [-0.05, 0) is 72.9 Å². The number of esters is 1. The number of hydrogen-bond donors (Lipinski definition) is 1. The molecule has 1 fully saturated rings. The number of hydrogen-bond acceptors (Lipinski definition) is 5. The fraction of sp³-hybridized carbons (Fsp3) is 0.148. The number of pyridine rings is 1. The van der Waals surface area contributed by atoms with E-state index in [1.165, 1.54) is 7.11 Å². The van der Waals surface area contributed by atoms with Crippen LogP contribution in [0.4, 0.5) is 5.69 Å². The maximum atomic E-state index is 11.9. The van der Waals surface area contributed by atoms with Gasteiger partial charge in [-0.25, -0.2) is 4.79 Å². The van der Waals surface area contributed by atoms with E-state index < -0.39 is 0 Å². The number of aromatic nitrogens is 2. The molecule has 0 radical (unpaired) electrons. The Balaban J connectivity index is 1.62. The number of carbonyl (C=O) groups excluding carboxylic acids is 1. The highest BCUT2D eigenvalue weighted by molar-refractivity contribution is 7.80. The summed E-state index contributed by atoms with van der Waals surface area (Å²) in [6.45, 7) is 0. The molecule has 2 unspecified atom stereocenters. The third-order valence-electron chi connectivity index (χ3n) is 6.08. The van der Waals surface area contributed by atoms with Gasteiger partial charge in [0.25, 0.3) is 0 Å². The SMILES string of the molecule is COC(=O)c1ccc(-n2cccc2C2C(c3ccccn3)NC(=S)N2c2cccc(OC)c2)cc1. The average molecular weight is 485 g/mol. The third kappa shape index (κ3) is 4.24. The van der Waals surface area contributed by atoms with E-state index in [0.717, 1.165) is 28.5 Å². The number of ether oxygens (including phenoxy) is 2. The van der Waals surface area contributed by atoms with Crippen LogP contribution in [0.3, 0.4) is 0 Å². The van der Waals surface area contributed by atoms with Crippen molar-refractivity contribution in [3.05, 3.63) is 108 Å². The van der Waals surface area contributed by atoms with Crippen molar-refractivity contribution in [1.29, 1.82) is 0 Å². The first-order chi connectivity index (χ1) is 17.1. The van der Waals surface area contributed by atoms with Crippen LogP contribution in [0.2, 0.25) is 0 Å². The van der Waals surface area contributed by atoms with E-state index >= 15 is 0 Å². The highest BCUT2D eigenvalue weighted by Gasteiger charge is 2.42. The summed E-state index contributed by atoms with van der Waals surface area (Å²) in [6.07, 6.45) is 3.79. The van der Waals surface area contributed by atoms with Crippen molar-refractivity contribution in [2.24, 2.45) is 0 Å². The quantitative estimate of drug-likeness (QED) is 0.310. The summed E-state index contributed by atoms with van der Waals surface area (Å²) in [5, 5.41) is 4.09. The summed E-state index contributed by atoms with van der Waals surface area (Å²) in [5.74, 6) is 0.383. The molecule has 5 rings (SSSR count). The Hall–Kier alpha value is -4.17. The van der Waals surface area contributed by atoms with Crippen molar-refractivity contribution in [2.45, 2.75) is 12.1 Å². The van der Waals surface area contributed by atoms with Gasteiger partial charge in [-0.2, -0.15) is 0 Å². The van der Waals surface area contributed by atoms with Crippen molar-refractivity contribution in [2.75, 3.05) is 19.1 Å². The Morgan fingerprint density at radius 2 is 1.80 bits per heavy atom. The molecular formula is C27H24N4O3S. The minimum atomic E-state index is -0.367. The van der Waals surface area contributed by atoms with Gasteiger partial charge in [0.15, 0.2) is 5.11 Å². The van der Waals surface area contributed by atoms with Gasteiger partial charge in [0.2, 0.25) is 0 Å². The predicted molar refractivity (Wildman–Crippen MR) is 138 cm³/mol. The number of thiocarbonyl (C=S) groups is 1. The van der Waals surface area contributed by atoms with E-state index in [2.05, 4.69) is 25.8 Å². The van der Waals surface area contributed by atoms with Crippen molar-refractivity contribution in [3.8, 4) is 11.4 Å². The first-order valence-electron chi connectivity index (χ1n) is 11.1. The average Bonchev–Trinajstić information content (AvgIpc) is 3.53. The number of methoxy groups -OCH3 is 2. The van der Waals surface area contributed by atoms with E-state index in [4.69, 9.17) is 21.7 Å². The lowest BCUT2D eigenvalue weighted by Gasteiger charge is -2.29. The zero-order valence-electron chi connectivity index (χ0n) is 19.3. The molecule has 1 N–H and O–H groups in total. The number of nitrogens with zero attached hydrogens (tertiary/aromatic N) is 3. The second-order valence-electron chi connectivity index (χ2n) is 8.04. The van der Waals surface area contributed by atoms with E-state index in [1.807, 2.05) is 66.9 Å². The van der Waals surface area contributed by atoms with Crippen LogP contribution in [-0.4, -0.2) is 34.9 Å². The fourth-order valence-electron chi connectivity index (χ4n) is 4.44. The van der Waals surface area contributed by atoms with Gasteiger partial charge in [-0.15, -0.1) is 0 Å². The number of rotatable bonds is 6. The molecule has 0 bridgehead atoms. The topological polar surface area (TPSA) is 68.6 Å².